The van der Waals surface area contributed by atoms with E-state index in [0.717, 1.165) is 5.69 Å². The number of ether oxygens (including phenoxy) is 2. The van der Waals surface area contributed by atoms with E-state index >= 15 is 0 Å². The summed E-state index contributed by atoms with van der Waals surface area (Å²) in [6.07, 6.45) is 0. The molecule has 136 valence electrons. The predicted octanol–water partition coefficient (Wildman–Crippen LogP) is 1.96. The molecule has 1 amide bonds. The Hall–Kier alpha value is -2.85. The van der Waals surface area contributed by atoms with Gasteiger partial charge in [-0.25, -0.2) is 0 Å². The average Bonchev–Trinajstić information content (AvgIpc) is 2.55. The van der Waals surface area contributed by atoms with Crippen molar-refractivity contribution < 1.29 is 27.2 Å². The topological polar surface area (TPSA) is 127 Å². The van der Waals surface area contributed by atoms with E-state index in [1.54, 1.807) is 0 Å². The molecule has 0 saturated heterocycles. The molecule has 0 bridgehead atoms. The minimum Gasteiger partial charge on any atom is -0.481 e. The first kappa shape index (κ1) is 20.2. The molecule has 1 aromatic heterocycles. The van der Waals surface area contributed by atoms with Crippen molar-refractivity contribution in [1.29, 1.82) is 0 Å². The SMILES string of the molecule is CC(=O)Nc1ccccc1.COc1ccc(NS(=O)(=O)O)c(OC)n1. The molecule has 3 N–H and O–H groups in total. The van der Waals surface area contributed by atoms with Gasteiger partial charge in [0.05, 0.1) is 14.2 Å². The molecule has 1 heterocycles. The van der Waals surface area contributed by atoms with Crippen LogP contribution in [0.15, 0.2) is 42.5 Å². The molecule has 9 nitrogen and oxygen atoms in total. The molecular weight excluding hydrogens is 350 g/mol. The smallest absolute Gasteiger partial charge is 0.357 e. The lowest BCUT2D eigenvalue weighted by atomic mass is 10.3. The summed E-state index contributed by atoms with van der Waals surface area (Å²) >= 11 is 0. The van der Waals surface area contributed by atoms with Crippen LogP contribution in [-0.4, -0.2) is 38.1 Å². The van der Waals surface area contributed by atoms with Gasteiger partial charge in [-0.2, -0.15) is 13.4 Å². The van der Waals surface area contributed by atoms with Crippen LogP contribution >= 0.6 is 0 Å². The molecule has 0 unspecified atom stereocenters. The van der Waals surface area contributed by atoms with Crippen LogP contribution in [0.1, 0.15) is 6.92 Å². The van der Waals surface area contributed by atoms with Crippen molar-refractivity contribution in [3.05, 3.63) is 42.5 Å². The summed E-state index contributed by atoms with van der Waals surface area (Å²) in [5, 5.41) is 2.67. The Balaban J connectivity index is 0.000000271. The van der Waals surface area contributed by atoms with Gasteiger partial charge in [0.2, 0.25) is 17.7 Å². The highest BCUT2D eigenvalue weighted by Gasteiger charge is 2.11. The second-order valence-electron chi connectivity index (χ2n) is 4.53. The zero-order chi connectivity index (χ0) is 18.9. The molecule has 25 heavy (non-hydrogen) atoms. The maximum atomic E-state index is 10.6. The van der Waals surface area contributed by atoms with E-state index in [1.807, 2.05) is 35.1 Å². The first-order valence-corrected chi connectivity index (χ1v) is 8.36. The minimum absolute atomic E-state index is 0.00646. The fourth-order valence-corrected chi connectivity index (χ4v) is 2.07. The van der Waals surface area contributed by atoms with Crippen molar-refractivity contribution in [2.45, 2.75) is 6.92 Å². The number of carbonyl (C=O) groups is 1. The lowest BCUT2D eigenvalue weighted by Crippen LogP contribution is -2.11. The Morgan fingerprint density at radius 3 is 2.20 bits per heavy atom. The van der Waals surface area contributed by atoms with E-state index < -0.39 is 10.3 Å². The number of anilines is 2. The normalized spacial score (nSPS) is 10.1. The Bertz CT molecular complexity index is 796. The second kappa shape index (κ2) is 9.45. The summed E-state index contributed by atoms with van der Waals surface area (Å²) in [6, 6.07) is 12.2. The number of pyridine rings is 1. The van der Waals surface area contributed by atoms with E-state index in [2.05, 4.69) is 10.3 Å². The van der Waals surface area contributed by atoms with Crippen molar-refractivity contribution in [2.75, 3.05) is 24.3 Å². The van der Waals surface area contributed by atoms with Crippen LogP contribution in [0, 0.1) is 0 Å². The van der Waals surface area contributed by atoms with Crippen molar-refractivity contribution in [3.63, 3.8) is 0 Å². The van der Waals surface area contributed by atoms with Gasteiger partial charge in [0, 0.05) is 18.7 Å². The number of amides is 1. The summed E-state index contributed by atoms with van der Waals surface area (Å²) in [7, 11) is -1.61. The summed E-state index contributed by atoms with van der Waals surface area (Å²) in [5.41, 5.74) is 0.871. The number of para-hydroxylation sites is 1. The van der Waals surface area contributed by atoms with Crippen LogP contribution in [0.5, 0.6) is 11.8 Å². The monoisotopic (exact) mass is 369 g/mol. The molecular formula is C15H19N3O6S. The first-order valence-electron chi connectivity index (χ1n) is 6.92. The van der Waals surface area contributed by atoms with Crippen LogP contribution in [0.3, 0.4) is 0 Å². The number of nitrogens with one attached hydrogen (secondary N) is 2. The molecule has 0 saturated carbocycles. The Labute approximate surface area is 145 Å². The fourth-order valence-electron chi connectivity index (χ4n) is 1.63. The highest BCUT2D eigenvalue weighted by atomic mass is 32.2. The summed E-state index contributed by atoms with van der Waals surface area (Å²) < 4.78 is 41.1. The van der Waals surface area contributed by atoms with Gasteiger partial charge >= 0.3 is 10.3 Å². The molecule has 0 aliphatic rings. The molecule has 0 fully saturated rings. The highest BCUT2D eigenvalue weighted by molar-refractivity contribution is 7.87. The summed E-state index contributed by atoms with van der Waals surface area (Å²) in [5.74, 6) is 0.242. The molecule has 0 aliphatic heterocycles. The number of benzene rings is 1. The second-order valence-corrected chi connectivity index (χ2v) is 5.69. The lowest BCUT2D eigenvalue weighted by Gasteiger charge is -2.08. The van der Waals surface area contributed by atoms with Crippen LogP contribution in [0.4, 0.5) is 11.4 Å². The first-order chi connectivity index (χ1) is 11.7. The van der Waals surface area contributed by atoms with Gasteiger partial charge < -0.3 is 14.8 Å². The van der Waals surface area contributed by atoms with E-state index in [-0.39, 0.29) is 23.4 Å². The predicted molar refractivity (Wildman–Crippen MR) is 93.3 cm³/mol. The number of carbonyl (C=O) groups excluding carboxylic acids is 1. The summed E-state index contributed by atoms with van der Waals surface area (Å²) in [4.78, 5) is 14.3. The van der Waals surface area contributed by atoms with E-state index in [9.17, 15) is 13.2 Å². The van der Waals surface area contributed by atoms with Gasteiger partial charge in [-0.15, -0.1) is 0 Å². The maximum absolute atomic E-state index is 10.6. The van der Waals surface area contributed by atoms with Crippen LogP contribution in [-0.2, 0) is 15.1 Å². The van der Waals surface area contributed by atoms with Gasteiger partial charge in [0.25, 0.3) is 0 Å². The molecule has 0 aliphatic carbocycles. The Kier molecular flexibility index (Phi) is 7.63. The Morgan fingerprint density at radius 1 is 1.08 bits per heavy atom. The number of aromatic nitrogens is 1. The van der Waals surface area contributed by atoms with Gasteiger partial charge in [-0.05, 0) is 18.2 Å². The molecule has 2 aromatic rings. The fraction of sp³-hybridized carbons (Fsp3) is 0.200. The molecule has 1 aromatic carbocycles. The van der Waals surface area contributed by atoms with Crippen LogP contribution in [0.2, 0.25) is 0 Å². The zero-order valence-corrected chi connectivity index (χ0v) is 14.7. The highest BCUT2D eigenvalue weighted by Crippen LogP contribution is 2.25. The Morgan fingerprint density at radius 2 is 1.72 bits per heavy atom. The minimum atomic E-state index is -4.34. The van der Waals surface area contributed by atoms with E-state index in [1.165, 1.54) is 33.3 Å². The molecule has 10 heteroatoms. The molecule has 0 radical (unpaired) electrons. The van der Waals surface area contributed by atoms with Crippen molar-refractivity contribution in [1.82, 2.24) is 4.98 Å². The molecule has 0 spiro atoms. The van der Waals surface area contributed by atoms with Gasteiger partial charge in [0.1, 0.15) is 5.69 Å². The van der Waals surface area contributed by atoms with Crippen molar-refractivity contribution in [2.24, 2.45) is 0 Å². The van der Waals surface area contributed by atoms with Gasteiger partial charge in [0.15, 0.2) is 0 Å². The number of methoxy groups -OCH3 is 2. The maximum Gasteiger partial charge on any atom is 0.357 e. The van der Waals surface area contributed by atoms with Crippen LogP contribution < -0.4 is 19.5 Å². The third-order valence-corrected chi connectivity index (χ3v) is 3.05. The zero-order valence-electron chi connectivity index (χ0n) is 13.9. The van der Waals surface area contributed by atoms with Gasteiger partial charge in [-0.1, -0.05) is 18.2 Å². The lowest BCUT2D eigenvalue weighted by molar-refractivity contribution is -0.114. The van der Waals surface area contributed by atoms with E-state index in [4.69, 9.17) is 14.0 Å². The number of hydrogen-bond acceptors (Lipinski definition) is 6. The summed E-state index contributed by atoms with van der Waals surface area (Å²) in [6.45, 7) is 1.49. The van der Waals surface area contributed by atoms with E-state index in [0.29, 0.717) is 0 Å². The third-order valence-electron chi connectivity index (χ3n) is 2.57. The average molecular weight is 369 g/mol. The van der Waals surface area contributed by atoms with Crippen LogP contribution in [0.25, 0.3) is 0 Å². The number of hydrogen-bond donors (Lipinski definition) is 3. The van der Waals surface area contributed by atoms with Gasteiger partial charge in [-0.3, -0.25) is 14.1 Å². The quantitative estimate of drug-likeness (QED) is 0.688. The van der Waals surface area contributed by atoms with Crippen molar-refractivity contribution >= 4 is 27.6 Å². The largest absolute Gasteiger partial charge is 0.481 e. The standard InChI is InChI=1S/C8H9NO.C7H10N2O5S/c1-7(10)9-8-5-3-2-4-6-8;1-13-6-4-3-5(7(8-6)14-2)9-15(10,11)12/h2-6H,1H3,(H,9,10);3-4,9H,1-2H3,(H,10,11,12). The molecule has 2 rings (SSSR count). The number of rotatable bonds is 5. The molecule has 0 atom stereocenters. The third kappa shape index (κ3) is 7.99. The number of nitrogens with zero attached hydrogens (tertiary/aromatic N) is 1. The van der Waals surface area contributed by atoms with Crippen molar-refractivity contribution in [3.8, 4) is 11.8 Å².